The van der Waals surface area contributed by atoms with E-state index in [-0.39, 0.29) is 17.1 Å². The van der Waals surface area contributed by atoms with Crippen molar-refractivity contribution < 1.29 is 5.11 Å². The molecular weight excluding hydrogens is 346 g/mol. The summed E-state index contributed by atoms with van der Waals surface area (Å²) in [5.74, 6) is 0.291. The molecule has 120 valence electrons. The molecular formula is C16H17N3OS3. The third-order valence-electron chi connectivity index (χ3n) is 3.26. The van der Waals surface area contributed by atoms with Gasteiger partial charge in [-0.15, -0.1) is 11.3 Å². The van der Waals surface area contributed by atoms with Crippen LogP contribution in [0.25, 0.3) is 15.8 Å². The average molecular weight is 364 g/mol. The molecule has 7 heteroatoms. The molecule has 1 heterocycles. The number of hydrogen-bond acceptors (Lipinski definition) is 6. The zero-order chi connectivity index (χ0) is 16.8. The second-order valence-electron chi connectivity index (χ2n) is 4.65. The van der Waals surface area contributed by atoms with Crippen molar-refractivity contribution in [3.63, 3.8) is 0 Å². The quantitative estimate of drug-likeness (QED) is 0.481. The molecule has 0 aliphatic carbocycles. The van der Waals surface area contributed by atoms with Gasteiger partial charge in [-0.2, -0.15) is 5.26 Å². The van der Waals surface area contributed by atoms with Gasteiger partial charge in [0.25, 0.3) is 0 Å². The minimum Gasteiger partial charge on any atom is -0.510 e. The molecule has 1 aromatic heterocycles. The fraction of sp³-hybridized carbons (Fsp3) is 0.312. The van der Waals surface area contributed by atoms with Crippen molar-refractivity contribution in [1.29, 1.82) is 5.26 Å². The Balaban J connectivity index is 2.19. The molecule has 0 saturated heterocycles. The normalized spacial score (nSPS) is 11.9. The Morgan fingerprint density at radius 3 is 2.70 bits per heavy atom. The van der Waals surface area contributed by atoms with E-state index >= 15 is 0 Å². The Bertz CT molecular complexity index is 739. The van der Waals surface area contributed by atoms with Crippen molar-refractivity contribution in [3.8, 4) is 6.07 Å². The van der Waals surface area contributed by atoms with Gasteiger partial charge in [0.15, 0.2) is 0 Å². The van der Waals surface area contributed by atoms with Crippen LogP contribution in [0.3, 0.4) is 0 Å². The maximum Gasteiger partial charge on any atom is 0.138 e. The van der Waals surface area contributed by atoms with Crippen LogP contribution in [-0.4, -0.2) is 38.2 Å². The van der Waals surface area contributed by atoms with Crippen LogP contribution in [0.2, 0.25) is 0 Å². The van der Waals surface area contributed by atoms with Gasteiger partial charge >= 0.3 is 0 Å². The van der Waals surface area contributed by atoms with E-state index in [1.165, 1.54) is 23.1 Å². The summed E-state index contributed by atoms with van der Waals surface area (Å²) in [7, 11) is 0. The van der Waals surface area contributed by atoms with Crippen LogP contribution in [-0.2, 0) is 0 Å². The van der Waals surface area contributed by atoms with E-state index in [2.05, 4.69) is 11.1 Å². The minimum atomic E-state index is 0.0195. The monoisotopic (exact) mass is 363 g/mol. The van der Waals surface area contributed by atoms with Crippen LogP contribution in [0.5, 0.6) is 0 Å². The fourth-order valence-electron chi connectivity index (χ4n) is 1.99. The zero-order valence-corrected chi connectivity index (χ0v) is 15.4. The summed E-state index contributed by atoms with van der Waals surface area (Å²) in [6, 6.07) is 9.74. The van der Waals surface area contributed by atoms with Crippen molar-refractivity contribution in [2.24, 2.45) is 0 Å². The fourth-order valence-corrected chi connectivity index (χ4v) is 4.25. The first kappa shape index (κ1) is 17.7. The Morgan fingerprint density at radius 1 is 1.39 bits per heavy atom. The van der Waals surface area contributed by atoms with Crippen molar-refractivity contribution in [3.05, 3.63) is 35.0 Å². The highest BCUT2D eigenvalue weighted by atomic mass is 32.2. The maximum absolute atomic E-state index is 10.3. The minimum absolute atomic E-state index is 0.0195. The molecule has 0 aliphatic heterocycles. The molecule has 4 nitrogen and oxygen atoms in total. The molecule has 2 aromatic rings. The third-order valence-corrected chi connectivity index (χ3v) is 5.85. The molecule has 1 N–H and O–H groups in total. The number of nitrogens with zero attached hydrogens (tertiary/aromatic N) is 3. The average Bonchev–Trinajstić information content (AvgIpc) is 2.98. The lowest BCUT2D eigenvalue weighted by Crippen LogP contribution is -2.26. The van der Waals surface area contributed by atoms with Gasteiger partial charge < -0.3 is 10.0 Å². The lowest BCUT2D eigenvalue weighted by atomic mass is 10.2. The first-order valence-electron chi connectivity index (χ1n) is 7.20. The van der Waals surface area contributed by atoms with E-state index in [1.54, 1.807) is 0 Å². The van der Waals surface area contributed by atoms with Crippen LogP contribution in [0.4, 0.5) is 0 Å². The van der Waals surface area contributed by atoms with E-state index in [1.807, 2.05) is 43.0 Å². The smallest absolute Gasteiger partial charge is 0.138 e. The number of rotatable bonds is 5. The molecule has 0 atom stereocenters. The van der Waals surface area contributed by atoms with E-state index in [9.17, 15) is 10.4 Å². The molecule has 0 saturated carbocycles. The number of aliphatic hydroxyl groups is 1. The van der Waals surface area contributed by atoms with Crippen molar-refractivity contribution in [1.82, 2.24) is 9.88 Å². The van der Waals surface area contributed by atoms with Crippen molar-refractivity contribution >= 4 is 55.4 Å². The molecule has 0 radical (unpaired) electrons. The Labute approximate surface area is 149 Å². The molecule has 2 rings (SSSR count). The lowest BCUT2D eigenvalue weighted by molar-refractivity contribution is 0.421. The first-order chi connectivity index (χ1) is 11.1. The number of aromatic nitrogens is 1. The third kappa shape index (κ3) is 4.22. The van der Waals surface area contributed by atoms with Crippen molar-refractivity contribution in [2.75, 3.05) is 18.8 Å². The Hall–Kier alpha value is -1.62. The molecule has 1 aromatic carbocycles. The second-order valence-corrected chi connectivity index (χ2v) is 7.29. The Kier molecular flexibility index (Phi) is 6.39. The topological polar surface area (TPSA) is 60.1 Å². The van der Waals surface area contributed by atoms with Crippen LogP contribution in [0.15, 0.2) is 30.0 Å². The number of thioether (sulfide) groups is 1. The van der Waals surface area contributed by atoms with E-state index in [0.717, 1.165) is 27.6 Å². The van der Waals surface area contributed by atoms with Gasteiger partial charge in [-0.25, -0.2) is 4.98 Å². The number of allylic oxidation sites excluding steroid dienone is 1. The van der Waals surface area contributed by atoms with Gasteiger partial charge in [-0.05, 0) is 26.0 Å². The summed E-state index contributed by atoms with van der Waals surface area (Å²) in [6.45, 7) is 5.73. The number of aliphatic hydroxyl groups excluding tert-OH is 1. The summed E-state index contributed by atoms with van der Waals surface area (Å²) in [5, 5.41) is 20.2. The molecule has 0 spiro atoms. The molecule has 0 bridgehead atoms. The number of thiazole rings is 1. The van der Waals surface area contributed by atoms with Gasteiger partial charge in [0.05, 0.1) is 16.0 Å². The van der Waals surface area contributed by atoms with Gasteiger partial charge in [0.2, 0.25) is 0 Å². The zero-order valence-electron chi connectivity index (χ0n) is 12.9. The number of fused-ring (bicyclic) bond motifs is 1. The number of para-hydroxylation sites is 1. The van der Waals surface area contributed by atoms with Gasteiger partial charge in [-0.1, -0.05) is 36.1 Å². The summed E-state index contributed by atoms with van der Waals surface area (Å²) < 4.78 is 1.72. The maximum atomic E-state index is 10.3. The highest BCUT2D eigenvalue weighted by molar-refractivity contribution is 8.23. The number of benzene rings is 1. The van der Waals surface area contributed by atoms with Crippen LogP contribution >= 0.6 is 35.3 Å². The van der Waals surface area contributed by atoms with Gasteiger partial charge in [0, 0.05) is 13.1 Å². The predicted molar refractivity (Wildman–Crippen MR) is 103 cm³/mol. The first-order valence-corrected chi connectivity index (χ1v) is 9.41. The molecule has 0 amide bonds. The summed E-state index contributed by atoms with van der Waals surface area (Å²) in [4.78, 5) is 6.46. The number of hydrogen-bond donors (Lipinski definition) is 1. The second kappa shape index (κ2) is 8.29. The largest absolute Gasteiger partial charge is 0.510 e. The number of thiocarbonyl (C=S) groups is 1. The highest BCUT2D eigenvalue weighted by Crippen LogP contribution is 2.29. The van der Waals surface area contributed by atoms with Crippen LogP contribution in [0.1, 0.15) is 18.9 Å². The van der Waals surface area contributed by atoms with E-state index in [4.69, 9.17) is 12.2 Å². The van der Waals surface area contributed by atoms with Crippen LogP contribution in [0, 0.1) is 11.3 Å². The summed E-state index contributed by atoms with van der Waals surface area (Å²) in [5.41, 5.74) is 1.06. The van der Waals surface area contributed by atoms with E-state index in [0.29, 0.717) is 5.01 Å². The molecule has 0 fully saturated rings. The van der Waals surface area contributed by atoms with E-state index < -0.39 is 0 Å². The predicted octanol–water partition coefficient (Wildman–Crippen LogP) is 4.45. The van der Waals surface area contributed by atoms with Crippen LogP contribution < -0.4 is 0 Å². The lowest BCUT2D eigenvalue weighted by Gasteiger charge is -2.20. The summed E-state index contributed by atoms with van der Waals surface area (Å²) >= 11 is 8.11. The molecule has 0 unspecified atom stereocenters. The Morgan fingerprint density at radius 2 is 2.09 bits per heavy atom. The van der Waals surface area contributed by atoms with Gasteiger partial charge in [-0.3, -0.25) is 0 Å². The highest BCUT2D eigenvalue weighted by Gasteiger charge is 2.15. The molecule has 23 heavy (non-hydrogen) atoms. The van der Waals surface area contributed by atoms with Gasteiger partial charge in [0.1, 0.15) is 26.7 Å². The standard InChI is InChI=1S/C16H17N3OS3/c1-3-19(4-2)16(21)22-10-13(20)11(9-17)15-18-12-7-5-6-8-14(12)23-15/h5-8,20H,3-4,10H2,1-2H3/b13-11-. The SMILES string of the molecule is CCN(CC)C(=S)SC/C(O)=C(\C#N)c1nc2ccccc2s1. The molecule has 0 aliphatic rings. The summed E-state index contributed by atoms with van der Waals surface area (Å²) in [6.07, 6.45) is 0. The number of nitriles is 1. The van der Waals surface area contributed by atoms with Crippen molar-refractivity contribution in [2.45, 2.75) is 13.8 Å².